The number of aryl methyl sites for hydroxylation is 1. The monoisotopic (exact) mass is 438 g/mol. The molecule has 0 saturated carbocycles. The van der Waals surface area contributed by atoms with Crippen LogP contribution in [0.1, 0.15) is 34.5 Å². The van der Waals surface area contributed by atoms with Crippen molar-refractivity contribution in [2.75, 3.05) is 13.2 Å². The Morgan fingerprint density at radius 3 is 2.69 bits per heavy atom. The lowest BCUT2D eigenvalue weighted by molar-refractivity contribution is 0.0849. The largest absolute Gasteiger partial charge is 0.376 e. The molecule has 0 aliphatic carbocycles. The van der Waals surface area contributed by atoms with E-state index >= 15 is 0 Å². The summed E-state index contributed by atoms with van der Waals surface area (Å²) < 4.78 is 21.1. The highest BCUT2D eigenvalue weighted by Gasteiger charge is 2.22. The van der Waals surface area contributed by atoms with Gasteiger partial charge in [0.05, 0.1) is 18.3 Å². The summed E-state index contributed by atoms with van der Waals surface area (Å²) in [5, 5.41) is 6.75. The summed E-state index contributed by atoms with van der Waals surface area (Å²) in [6.07, 6.45) is 1.62. The molecule has 1 aliphatic heterocycles. The number of nitrogens with one attached hydrogen (secondary N) is 1. The molecule has 1 N–H and O–H groups in total. The van der Waals surface area contributed by atoms with Crippen molar-refractivity contribution < 1.29 is 13.9 Å². The standard InChI is InChI=1S/C23H23FN4O4/c1-15-7-9-18(10-8-15)28-23(31)27(14-16-4-2-5-17(24)12-16)22(30)20(26-28)21(29)25-13-19-6-3-11-32-19/h2,4-5,7-10,12,19H,3,6,11,13-14H2,1H3,(H,25,29). The summed E-state index contributed by atoms with van der Waals surface area (Å²) in [5.41, 5.74) is -0.187. The summed E-state index contributed by atoms with van der Waals surface area (Å²) in [6.45, 7) is 2.58. The summed E-state index contributed by atoms with van der Waals surface area (Å²) in [5.74, 6) is -1.18. The number of halogens is 1. The molecule has 32 heavy (non-hydrogen) atoms. The maximum Gasteiger partial charge on any atom is 0.352 e. The van der Waals surface area contributed by atoms with Crippen LogP contribution in [0.2, 0.25) is 0 Å². The third kappa shape index (κ3) is 4.67. The lowest BCUT2D eigenvalue weighted by atomic mass is 10.2. The number of carbonyl (C=O) groups is 1. The van der Waals surface area contributed by atoms with Crippen molar-refractivity contribution in [3.05, 3.63) is 92.0 Å². The minimum atomic E-state index is -0.840. The van der Waals surface area contributed by atoms with Crippen LogP contribution in [0.25, 0.3) is 5.69 Å². The molecule has 1 aliphatic rings. The van der Waals surface area contributed by atoms with Gasteiger partial charge < -0.3 is 10.1 Å². The number of aromatic nitrogens is 3. The highest BCUT2D eigenvalue weighted by Crippen LogP contribution is 2.11. The molecule has 3 aromatic rings. The van der Waals surface area contributed by atoms with Gasteiger partial charge in [-0.2, -0.15) is 9.78 Å². The highest BCUT2D eigenvalue weighted by atomic mass is 19.1. The van der Waals surface area contributed by atoms with Crippen LogP contribution in [0.3, 0.4) is 0 Å². The number of hydrogen-bond donors (Lipinski definition) is 1. The molecule has 1 atom stereocenters. The van der Waals surface area contributed by atoms with E-state index in [4.69, 9.17) is 4.74 Å². The van der Waals surface area contributed by atoms with Gasteiger partial charge in [0.25, 0.3) is 11.5 Å². The van der Waals surface area contributed by atoms with Crippen LogP contribution in [0, 0.1) is 12.7 Å². The molecular formula is C23H23FN4O4. The van der Waals surface area contributed by atoms with Gasteiger partial charge in [-0.15, -0.1) is 0 Å². The van der Waals surface area contributed by atoms with Crippen molar-refractivity contribution in [3.63, 3.8) is 0 Å². The molecule has 2 heterocycles. The summed E-state index contributed by atoms with van der Waals surface area (Å²) in [7, 11) is 0. The third-order valence-electron chi connectivity index (χ3n) is 5.30. The average Bonchev–Trinajstić information content (AvgIpc) is 3.30. The van der Waals surface area contributed by atoms with Crippen molar-refractivity contribution in [1.29, 1.82) is 0 Å². The molecule has 4 rings (SSSR count). The molecule has 2 aromatic carbocycles. The number of rotatable bonds is 6. The predicted octanol–water partition coefficient (Wildman–Crippen LogP) is 1.80. The Bertz CT molecular complexity index is 1240. The van der Waals surface area contributed by atoms with Crippen molar-refractivity contribution in [3.8, 4) is 5.69 Å². The van der Waals surface area contributed by atoms with E-state index in [1.807, 2.05) is 6.92 Å². The fourth-order valence-electron chi connectivity index (χ4n) is 3.56. The van der Waals surface area contributed by atoms with Gasteiger partial charge in [0.1, 0.15) is 5.82 Å². The van der Waals surface area contributed by atoms with Gasteiger partial charge in [-0.05, 0) is 49.6 Å². The lowest BCUT2D eigenvalue weighted by Gasteiger charge is -2.14. The number of hydrogen-bond acceptors (Lipinski definition) is 5. The molecule has 1 saturated heterocycles. The molecular weight excluding hydrogens is 415 g/mol. The van der Waals surface area contributed by atoms with Crippen molar-refractivity contribution in [1.82, 2.24) is 19.7 Å². The van der Waals surface area contributed by atoms with E-state index < -0.39 is 28.7 Å². The Kier molecular flexibility index (Phi) is 6.27. The van der Waals surface area contributed by atoms with Gasteiger partial charge in [0.2, 0.25) is 5.69 Å². The number of nitrogens with zero attached hydrogens (tertiary/aromatic N) is 3. The molecule has 1 unspecified atom stereocenters. The zero-order valence-electron chi connectivity index (χ0n) is 17.6. The molecule has 1 aromatic heterocycles. The Morgan fingerprint density at radius 1 is 1.22 bits per heavy atom. The van der Waals surface area contributed by atoms with E-state index in [-0.39, 0.29) is 19.2 Å². The second-order valence-corrected chi connectivity index (χ2v) is 7.74. The zero-order valence-corrected chi connectivity index (χ0v) is 17.6. The third-order valence-corrected chi connectivity index (χ3v) is 5.30. The highest BCUT2D eigenvalue weighted by molar-refractivity contribution is 5.91. The molecule has 166 valence electrons. The van der Waals surface area contributed by atoms with Gasteiger partial charge >= 0.3 is 5.69 Å². The Labute approximate surface area is 183 Å². The Balaban J connectivity index is 1.76. The molecule has 0 bridgehead atoms. The molecule has 1 amide bonds. The summed E-state index contributed by atoms with van der Waals surface area (Å²) >= 11 is 0. The molecule has 1 fully saturated rings. The van der Waals surface area contributed by atoms with E-state index in [2.05, 4.69) is 10.4 Å². The van der Waals surface area contributed by atoms with Gasteiger partial charge in [0.15, 0.2) is 0 Å². The number of amides is 1. The minimum absolute atomic E-state index is 0.114. The van der Waals surface area contributed by atoms with E-state index in [0.29, 0.717) is 17.9 Å². The smallest absolute Gasteiger partial charge is 0.352 e. The van der Waals surface area contributed by atoms with Crippen LogP contribution < -0.4 is 16.6 Å². The topological polar surface area (TPSA) is 95.2 Å². The SMILES string of the molecule is Cc1ccc(-n2nc(C(=O)NCC3CCCO3)c(=O)n(Cc3cccc(F)c3)c2=O)cc1. The maximum atomic E-state index is 13.6. The van der Waals surface area contributed by atoms with E-state index in [1.54, 1.807) is 30.3 Å². The first kappa shape index (κ1) is 21.6. The number of benzene rings is 2. The molecule has 0 spiro atoms. The van der Waals surface area contributed by atoms with Crippen molar-refractivity contribution >= 4 is 5.91 Å². The first-order valence-corrected chi connectivity index (χ1v) is 10.4. The Hall–Kier alpha value is -3.59. The second-order valence-electron chi connectivity index (χ2n) is 7.74. The second kappa shape index (κ2) is 9.27. The van der Waals surface area contributed by atoms with Gasteiger partial charge in [0, 0.05) is 13.2 Å². The number of ether oxygens (including phenoxy) is 1. The quantitative estimate of drug-likeness (QED) is 0.633. The van der Waals surface area contributed by atoms with Crippen LogP contribution in [0.4, 0.5) is 4.39 Å². The predicted molar refractivity (Wildman–Crippen MR) is 116 cm³/mol. The maximum absolute atomic E-state index is 13.6. The first-order chi connectivity index (χ1) is 15.4. The molecule has 9 heteroatoms. The summed E-state index contributed by atoms with van der Waals surface area (Å²) in [4.78, 5) is 39.0. The lowest BCUT2D eigenvalue weighted by Crippen LogP contribution is -2.46. The van der Waals surface area contributed by atoms with E-state index in [1.165, 1.54) is 18.2 Å². The zero-order chi connectivity index (χ0) is 22.7. The Morgan fingerprint density at radius 2 is 2.00 bits per heavy atom. The number of carbonyl (C=O) groups excluding carboxylic acids is 1. The van der Waals surface area contributed by atoms with Crippen LogP contribution in [0.15, 0.2) is 58.1 Å². The summed E-state index contributed by atoms with van der Waals surface area (Å²) in [6, 6.07) is 12.5. The van der Waals surface area contributed by atoms with E-state index in [9.17, 15) is 18.8 Å². The normalized spacial score (nSPS) is 15.6. The van der Waals surface area contributed by atoms with Crippen LogP contribution in [-0.4, -0.2) is 39.5 Å². The van der Waals surface area contributed by atoms with Crippen LogP contribution in [-0.2, 0) is 11.3 Å². The van der Waals surface area contributed by atoms with Crippen LogP contribution >= 0.6 is 0 Å². The van der Waals surface area contributed by atoms with Crippen LogP contribution in [0.5, 0.6) is 0 Å². The molecule has 8 nitrogen and oxygen atoms in total. The van der Waals surface area contributed by atoms with Gasteiger partial charge in [-0.3, -0.25) is 14.2 Å². The fraction of sp³-hybridized carbons (Fsp3) is 0.304. The van der Waals surface area contributed by atoms with Gasteiger partial charge in [-0.1, -0.05) is 29.8 Å². The van der Waals surface area contributed by atoms with Crippen molar-refractivity contribution in [2.45, 2.75) is 32.4 Å². The average molecular weight is 438 g/mol. The first-order valence-electron chi connectivity index (χ1n) is 10.4. The fourth-order valence-corrected chi connectivity index (χ4v) is 3.56. The van der Waals surface area contributed by atoms with Crippen molar-refractivity contribution in [2.24, 2.45) is 0 Å². The molecule has 0 radical (unpaired) electrons. The van der Waals surface area contributed by atoms with Gasteiger partial charge in [-0.25, -0.2) is 9.18 Å². The minimum Gasteiger partial charge on any atom is -0.376 e. The van der Waals surface area contributed by atoms with E-state index in [0.717, 1.165) is 27.7 Å².